The standard InChI is InChI=1S/C22H34O7/c1-10(23)28-16-11-6-7-12-20(5,26)15-14-17(29-14)18(2,3)22(15,27)13(24)8-21(12,16)9-19(11,4)25/h11-17,24-27H,6-9H2,1-5H3. The lowest BCUT2D eigenvalue weighted by atomic mass is 9.57. The number of carbonyl (C=O) groups is 1. The Morgan fingerprint density at radius 3 is 2.38 bits per heavy atom. The Morgan fingerprint density at radius 2 is 1.76 bits per heavy atom. The summed E-state index contributed by atoms with van der Waals surface area (Å²) in [5.41, 5.74) is -5.47. The van der Waals surface area contributed by atoms with Crippen LogP contribution in [-0.2, 0) is 14.3 Å². The van der Waals surface area contributed by atoms with Gasteiger partial charge in [-0.05, 0) is 45.4 Å². The minimum absolute atomic E-state index is 0.175. The molecule has 5 aliphatic rings. The summed E-state index contributed by atoms with van der Waals surface area (Å²) in [6, 6.07) is 0. The number of fused-ring (bicyclic) bond motifs is 4. The first-order chi connectivity index (χ1) is 13.2. The third kappa shape index (κ3) is 2.14. The fourth-order valence-corrected chi connectivity index (χ4v) is 8.61. The molecule has 5 fully saturated rings. The van der Waals surface area contributed by atoms with Gasteiger partial charge in [-0.3, -0.25) is 4.79 Å². The molecule has 1 heterocycles. The van der Waals surface area contributed by atoms with Gasteiger partial charge in [0.25, 0.3) is 0 Å². The summed E-state index contributed by atoms with van der Waals surface area (Å²) in [6.07, 6.45) is -0.470. The quantitative estimate of drug-likeness (QED) is 0.372. The highest BCUT2D eigenvalue weighted by Crippen LogP contribution is 2.73. The van der Waals surface area contributed by atoms with Gasteiger partial charge in [0.1, 0.15) is 11.7 Å². The van der Waals surface area contributed by atoms with Crippen LogP contribution in [-0.4, -0.2) is 67.6 Å². The number of ether oxygens (including phenoxy) is 2. The lowest BCUT2D eigenvalue weighted by molar-refractivity contribution is -0.223. The number of carbonyl (C=O) groups excluding carboxylic acids is 1. The third-order valence-corrected chi connectivity index (χ3v) is 9.66. The summed E-state index contributed by atoms with van der Waals surface area (Å²) >= 11 is 0. The minimum atomic E-state index is -1.53. The molecular formula is C22H34O7. The molecule has 0 amide bonds. The summed E-state index contributed by atoms with van der Waals surface area (Å²) in [4.78, 5) is 12.0. The van der Waals surface area contributed by atoms with Gasteiger partial charge in [0, 0.05) is 29.6 Å². The topological polar surface area (TPSA) is 120 Å². The molecule has 4 aliphatic carbocycles. The van der Waals surface area contributed by atoms with Gasteiger partial charge in [-0.25, -0.2) is 0 Å². The molecule has 0 aromatic rings. The third-order valence-electron chi connectivity index (χ3n) is 9.66. The highest BCUT2D eigenvalue weighted by Gasteiger charge is 2.83. The second-order valence-electron chi connectivity index (χ2n) is 11.5. The van der Waals surface area contributed by atoms with Gasteiger partial charge in [0.2, 0.25) is 0 Å². The van der Waals surface area contributed by atoms with Crippen LogP contribution in [0.1, 0.15) is 60.3 Å². The molecule has 164 valence electrons. The molecule has 7 nitrogen and oxygen atoms in total. The van der Waals surface area contributed by atoms with Gasteiger partial charge in [-0.1, -0.05) is 13.8 Å². The Kier molecular flexibility index (Phi) is 3.73. The summed E-state index contributed by atoms with van der Waals surface area (Å²) in [6.45, 7) is 8.64. The van der Waals surface area contributed by atoms with E-state index in [4.69, 9.17) is 9.47 Å². The van der Waals surface area contributed by atoms with Crippen molar-refractivity contribution in [2.75, 3.05) is 0 Å². The Balaban J connectivity index is 1.69. The SMILES string of the molecule is CC(=O)OC1C2CCC3C(C)(O)C4C5OC5C(C)(C)C4(O)C(O)CC13CC2(C)O. The van der Waals surface area contributed by atoms with Crippen LogP contribution in [0.25, 0.3) is 0 Å². The lowest BCUT2D eigenvalue weighted by Crippen LogP contribution is -2.63. The normalized spacial score (nSPS) is 61.9. The predicted octanol–water partition coefficient (Wildman–Crippen LogP) is 0.755. The number of aliphatic hydroxyl groups is 4. The van der Waals surface area contributed by atoms with Crippen LogP contribution in [0.5, 0.6) is 0 Å². The van der Waals surface area contributed by atoms with E-state index in [0.29, 0.717) is 19.3 Å². The van der Waals surface area contributed by atoms with Gasteiger partial charge in [0.15, 0.2) is 0 Å². The van der Waals surface area contributed by atoms with E-state index in [-0.39, 0.29) is 30.5 Å². The highest BCUT2D eigenvalue weighted by molar-refractivity contribution is 5.66. The second kappa shape index (κ2) is 5.36. The number of aliphatic hydroxyl groups excluding tert-OH is 1. The molecule has 1 saturated heterocycles. The van der Waals surface area contributed by atoms with Crippen molar-refractivity contribution in [3.05, 3.63) is 0 Å². The molecule has 4 saturated carbocycles. The van der Waals surface area contributed by atoms with E-state index >= 15 is 0 Å². The molecule has 1 spiro atoms. The zero-order valence-corrected chi connectivity index (χ0v) is 17.9. The fraction of sp³-hybridized carbons (Fsp3) is 0.955. The number of hydrogen-bond acceptors (Lipinski definition) is 7. The molecular weight excluding hydrogens is 376 g/mol. The minimum Gasteiger partial charge on any atom is -0.462 e. The van der Waals surface area contributed by atoms with Crippen molar-refractivity contribution in [2.24, 2.45) is 28.6 Å². The molecule has 5 rings (SSSR count). The summed E-state index contributed by atoms with van der Waals surface area (Å²) in [5, 5.41) is 46.6. The van der Waals surface area contributed by atoms with Crippen molar-refractivity contribution >= 4 is 5.97 Å². The Bertz CT molecular complexity index is 760. The first kappa shape index (κ1) is 20.2. The van der Waals surface area contributed by atoms with E-state index in [2.05, 4.69) is 0 Å². The molecule has 0 radical (unpaired) electrons. The Labute approximate surface area is 171 Å². The zero-order valence-electron chi connectivity index (χ0n) is 17.9. The van der Waals surface area contributed by atoms with Crippen LogP contribution in [0, 0.1) is 28.6 Å². The molecule has 11 atom stereocenters. The van der Waals surface area contributed by atoms with E-state index in [0.717, 1.165) is 0 Å². The molecule has 11 unspecified atom stereocenters. The van der Waals surface area contributed by atoms with Gasteiger partial charge >= 0.3 is 5.97 Å². The number of hydrogen-bond donors (Lipinski definition) is 4. The van der Waals surface area contributed by atoms with E-state index < -0.39 is 51.7 Å². The first-order valence-corrected chi connectivity index (χ1v) is 10.9. The van der Waals surface area contributed by atoms with Gasteiger partial charge in [0.05, 0.1) is 29.5 Å². The van der Waals surface area contributed by atoms with Gasteiger partial charge in [-0.15, -0.1) is 0 Å². The average Bonchev–Trinajstić information content (AvgIpc) is 3.29. The van der Waals surface area contributed by atoms with Crippen molar-refractivity contribution in [1.29, 1.82) is 0 Å². The second-order valence-corrected chi connectivity index (χ2v) is 11.5. The van der Waals surface area contributed by atoms with E-state index in [1.807, 2.05) is 13.8 Å². The molecule has 0 aromatic heterocycles. The van der Waals surface area contributed by atoms with Crippen LogP contribution in [0.3, 0.4) is 0 Å². The summed E-state index contributed by atoms with van der Waals surface area (Å²) in [7, 11) is 0. The van der Waals surface area contributed by atoms with Crippen molar-refractivity contribution in [2.45, 2.75) is 102 Å². The maximum Gasteiger partial charge on any atom is 0.302 e. The Morgan fingerprint density at radius 1 is 1.10 bits per heavy atom. The van der Waals surface area contributed by atoms with Crippen LogP contribution < -0.4 is 0 Å². The molecule has 0 aromatic carbocycles. The van der Waals surface area contributed by atoms with Crippen LogP contribution in [0.2, 0.25) is 0 Å². The number of epoxide rings is 1. The largest absolute Gasteiger partial charge is 0.462 e. The maximum absolute atomic E-state index is 12.0. The smallest absolute Gasteiger partial charge is 0.302 e. The Hall–Kier alpha value is -0.730. The number of esters is 1. The highest BCUT2D eigenvalue weighted by atomic mass is 16.6. The fourth-order valence-electron chi connectivity index (χ4n) is 8.61. The van der Waals surface area contributed by atoms with Crippen molar-refractivity contribution in [3.8, 4) is 0 Å². The first-order valence-electron chi connectivity index (χ1n) is 10.9. The molecule has 29 heavy (non-hydrogen) atoms. The van der Waals surface area contributed by atoms with Crippen LogP contribution in [0.4, 0.5) is 0 Å². The van der Waals surface area contributed by atoms with E-state index in [9.17, 15) is 25.2 Å². The zero-order chi connectivity index (χ0) is 21.4. The molecule has 7 heteroatoms. The van der Waals surface area contributed by atoms with Crippen LogP contribution >= 0.6 is 0 Å². The monoisotopic (exact) mass is 410 g/mol. The summed E-state index contributed by atoms with van der Waals surface area (Å²) in [5.74, 6) is -1.66. The molecule has 4 N–H and O–H groups in total. The van der Waals surface area contributed by atoms with E-state index in [1.54, 1.807) is 13.8 Å². The average molecular weight is 411 g/mol. The lowest BCUT2D eigenvalue weighted by Gasteiger charge is -2.52. The van der Waals surface area contributed by atoms with Gasteiger partial charge in [-0.2, -0.15) is 0 Å². The predicted molar refractivity (Wildman–Crippen MR) is 102 cm³/mol. The van der Waals surface area contributed by atoms with Crippen molar-refractivity contribution < 1.29 is 34.7 Å². The number of rotatable bonds is 1. The van der Waals surface area contributed by atoms with Crippen LogP contribution in [0.15, 0.2) is 0 Å². The van der Waals surface area contributed by atoms with E-state index in [1.165, 1.54) is 6.92 Å². The molecule has 2 bridgehead atoms. The summed E-state index contributed by atoms with van der Waals surface area (Å²) < 4.78 is 11.6. The molecule has 1 aliphatic heterocycles. The van der Waals surface area contributed by atoms with Crippen molar-refractivity contribution in [1.82, 2.24) is 0 Å². The van der Waals surface area contributed by atoms with Gasteiger partial charge < -0.3 is 29.9 Å². The maximum atomic E-state index is 12.0. The van der Waals surface area contributed by atoms with Crippen molar-refractivity contribution in [3.63, 3.8) is 0 Å².